The van der Waals surface area contributed by atoms with Gasteiger partial charge in [0, 0.05) is 64.5 Å². The highest BCUT2D eigenvalue weighted by molar-refractivity contribution is 6.01. The molecule has 3 aliphatic heterocycles. The van der Waals surface area contributed by atoms with Crippen LogP contribution in [0, 0.1) is 5.41 Å². The SMILES string of the molecule is CN(C)C(=O)c1cc2cnc(Nc3ccc([C@H]4CCC5(CCN(c6cccc7c6n(C)c(=O)n7[C@H]6CCC(=O)NC6=O)CC5)CO4)cn3)nc2n1C1CCCC1. The Hall–Kier alpha value is -5.57. The van der Waals surface area contributed by atoms with Crippen molar-refractivity contribution >= 4 is 57.2 Å². The van der Waals surface area contributed by atoms with Gasteiger partial charge in [-0.2, -0.15) is 4.98 Å². The second-order valence-corrected chi connectivity index (χ2v) is 16.3. The van der Waals surface area contributed by atoms with Gasteiger partial charge in [-0.25, -0.2) is 14.8 Å². The quantitative estimate of drug-likeness (QED) is 0.212. The van der Waals surface area contributed by atoms with E-state index in [2.05, 4.69) is 37.2 Å². The minimum absolute atomic E-state index is 0.0357. The fraction of sp³-hybridized carbons (Fsp3) is 0.488. The van der Waals surface area contributed by atoms with E-state index < -0.39 is 11.9 Å². The Labute approximate surface area is 324 Å². The van der Waals surface area contributed by atoms with Gasteiger partial charge in [0.1, 0.15) is 23.2 Å². The molecule has 0 bridgehead atoms. The van der Waals surface area contributed by atoms with Crippen molar-refractivity contribution in [2.24, 2.45) is 12.5 Å². The van der Waals surface area contributed by atoms with Crippen molar-refractivity contribution in [1.29, 1.82) is 0 Å². The summed E-state index contributed by atoms with van der Waals surface area (Å²) in [4.78, 5) is 69.2. The fourth-order valence-corrected chi connectivity index (χ4v) is 9.43. The second kappa shape index (κ2) is 14.2. The number of aromatic nitrogens is 6. The average Bonchev–Trinajstić information content (AvgIpc) is 3.93. The zero-order valence-electron chi connectivity index (χ0n) is 32.2. The molecule has 2 N–H and O–H groups in total. The van der Waals surface area contributed by atoms with Gasteiger partial charge in [-0.05, 0) is 80.2 Å². The number of imidazole rings is 1. The molecule has 1 saturated carbocycles. The van der Waals surface area contributed by atoms with Gasteiger partial charge in [0.05, 0.1) is 29.4 Å². The molecule has 4 aliphatic rings. The average molecular weight is 761 g/mol. The molecule has 1 aromatic carbocycles. The van der Waals surface area contributed by atoms with Crippen LogP contribution in [0.1, 0.15) is 98.4 Å². The number of hydrogen-bond donors (Lipinski definition) is 2. The van der Waals surface area contributed by atoms with Gasteiger partial charge in [-0.3, -0.25) is 28.8 Å². The number of carbonyl (C=O) groups is 3. The van der Waals surface area contributed by atoms with Crippen molar-refractivity contribution in [3.05, 3.63) is 70.5 Å². The van der Waals surface area contributed by atoms with Gasteiger partial charge in [0.2, 0.25) is 17.8 Å². The maximum absolute atomic E-state index is 13.5. The van der Waals surface area contributed by atoms with Crippen molar-refractivity contribution in [3.8, 4) is 0 Å². The third kappa shape index (κ3) is 6.31. The summed E-state index contributed by atoms with van der Waals surface area (Å²) in [6.07, 6.45) is 12.4. The minimum Gasteiger partial charge on any atom is -0.373 e. The van der Waals surface area contributed by atoms with E-state index in [0.717, 1.165) is 92.3 Å². The molecule has 56 heavy (non-hydrogen) atoms. The minimum atomic E-state index is -0.710. The van der Waals surface area contributed by atoms with E-state index in [0.29, 0.717) is 36.0 Å². The Balaban J connectivity index is 0.845. The first-order valence-electron chi connectivity index (χ1n) is 19.8. The predicted octanol–water partition coefficient (Wildman–Crippen LogP) is 5.16. The predicted molar refractivity (Wildman–Crippen MR) is 211 cm³/mol. The lowest BCUT2D eigenvalue weighted by Gasteiger charge is -2.46. The summed E-state index contributed by atoms with van der Waals surface area (Å²) in [6, 6.07) is 11.3. The van der Waals surface area contributed by atoms with Gasteiger partial charge in [-0.1, -0.05) is 25.0 Å². The van der Waals surface area contributed by atoms with Crippen LogP contribution in [0.25, 0.3) is 22.1 Å². The molecule has 9 rings (SSSR count). The first kappa shape index (κ1) is 36.1. The Morgan fingerprint density at radius 3 is 2.46 bits per heavy atom. The highest BCUT2D eigenvalue weighted by atomic mass is 16.5. The van der Waals surface area contributed by atoms with Crippen LogP contribution >= 0.6 is 0 Å². The zero-order valence-corrected chi connectivity index (χ0v) is 32.2. The number of ether oxygens (including phenoxy) is 1. The number of rotatable bonds is 7. The summed E-state index contributed by atoms with van der Waals surface area (Å²) in [5.41, 5.74) is 4.77. The molecule has 3 amide bonds. The summed E-state index contributed by atoms with van der Waals surface area (Å²) >= 11 is 0. The molecule has 5 aromatic rings. The van der Waals surface area contributed by atoms with E-state index in [-0.39, 0.29) is 41.5 Å². The number of pyridine rings is 1. The van der Waals surface area contributed by atoms with E-state index in [1.807, 2.05) is 30.5 Å². The van der Waals surface area contributed by atoms with Crippen molar-refractivity contribution in [1.82, 2.24) is 38.9 Å². The number of nitrogens with one attached hydrogen (secondary N) is 2. The summed E-state index contributed by atoms with van der Waals surface area (Å²) in [7, 11) is 5.30. The molecule has 7 heterocycles. The molecule has 2 atom stereocenters. The Kier molecular flexibility index (Phi) is 9.14. The maximum atomic E-state index is 13.5. The molecule has 292 valence electrons. The molecule has 4 fully saturated rings. The lowest BCUT2D eigenvalue weighted by molar-refractivity contribution is -0.135. The number of fused-ring (bicyclic) bond motifs is 2. The third-order valence-corrected chi connectivity index (χ3v) is 12.6. The molecule has 15 heteroatoms. The number of para-hydroxylation sites is 1. The number of benzene rings is 1. The number of aryl methyl sites for hydroxylation is 1. The molecule has 0 unspecified atom stereocenters. The highest BCUT2D eigenvalue weighted by Gasteiger charge is 2.40. The smallest absolute Gasteiger partial charge is 0.329 e. The lowest BCUT2D eigenvalue weighted by atomic mass is 9.73. The molecule has 1 spiro atoms. The number of piperidine rings is 2. The van der Waals surface area contributed by atoms with Crippen molar-refractivity contribution in [2.75, 3.05) is 44.0 Å². The number of nitrogens with zero attached hydrogens (tertiary/aromatic N) is 8. The Morgan fingerprint density at radius 1 is 0.964 bits per heavy atom. The fourth-order valence-electron chi connectivity index (χ4n) is 9.43. The van der Waals surface area contributed by atoms with E-state index in [1.54, 1.807) is 41.4 Å². The first-order valence-corrected chi connectivity index (χ1v) is 19.8. The normalized spacial score (nSPS) is 21.6. The largest absolute Gasteiger partial charge is 0.373 e. The van der Waals surface area contributed by atoms with Crippen LogP contribution in [0.15, 0.2) is 53.6 Å². The number of hydrogen-bond acceptors (Lipinski definition) is 10. The number of carbonyl (C=O) groups excluding carboxylic acids is 3. The Bertz CT molecular complexity index is 2390. The molecule has 1 aliphatic carbocycles. The molecule has 4 aromatic heterocycles. The van der Waals surface area contributed by atoms with E-state index in [1.165, 1.54) is 0 Å². The van der Waals surface area contributed by atoms with Gasteiger partial charge in [0.15, 0.2) is 0 Å². The van der Waals surface area contributed by atoms with Crippen LogP contribution in [-0.4, -0.2) is 85.1 Å². The Morgan fingerprint density at radius 2 is 1.77 bits per heavy atom. The van der Waals surface area contributed by atoms with Crippen LogP contribution in [0.2, 0.25) is 0 Å². The third-order valence-electron chi connectivity index (χ3n) is 12.6. The number of anilines is 3. The van der Waals surface area contributed by atoms with Gasteiger partial charge >= 0.3 is 5.69 Å². The monoisotopic (exact) mass is 760 g/mol. The zero-order chi connectivity index (χ0) is 38.7. The second-order valence-electron chi connectivity index (χ2n) is 16.3. The highest BCUT2D eigenvalue weighted by Crippen LogP contribution is 2.45. The van der Waals surface area contributed by atoms with Crippen LogP contribution in [-0.2, 0) is 21.4 Å². The molecule has 0 radical (unpaired) electrons. The first-order chi connectivity index (χ1) is 27.1. The van der Waals surface area contributed by atoms with Crippen molar-refractivity contribution < 1.29 is 19.1 Å². The van der Waals surface area contributed by atoms with Crippen LogP contribution in [0.5, 0.6) is 0 Å². The van der Waals surface area contributed by atoms with E-state index in [4.69, 9.17) is 14.7 Å². The maximum Gasteiger partial charge on any atom is 0.329 e. The van der Waals surface area contributed by atoms with Crippen LogP contribution < -0.4 is 21.2 Å². The standard InChI is InChI=1S/C41H48N10O5/c1-47(2)38(54)31-21-26-23-43-39(46-36(26)50(31)27-7-4-5-8-27)44-33-13-11-25(22-42-33)32-15-16-41(24-56-32)17-19-49(20-18-41)28-9-6-10-29-35(28)48(3)40(55)51(29)30-12-14-34(52)45-37(30)53/h6,9-11,13,21-23,27,30,32H,4-5,7-8,12,14-20,24H2,1-3H3,(H,45,52,53)(H,42,43,44,46)/t30-,32+/m0/s1. The topological polar surface area (TPSA) is 162 Å². The molecule has 3 saturated heterocycles. The van der Waals surface area contributed by atoms with Gasteiger partial charge in [0.25, 0.3) is 5.91 Å². The van der Waals surface area contributed by atoms with E-state index in [9.17, 15) is 19.2 Å². The van der Waals surface area contributed by atoms with Gasteiger partial charge in [-0.15, -0.1) is 0 Å². The molecular weight excluding hydrogens is 713 g/mol. The van der Waals surface area contributed by atoms with Crippen molar-refractivity contribution in [3.63, 3.8) is 0 Å². The summed E-state index contributed by atoms with van der Waals surface area (Å²) < 4.78 is 11.8. The lowest BCUT2D eigenvalue weighted by Crippen LogP contribution is -2.44. The number of imide groups is 1. The molecular formula is C41H48N10O5. The summed E-state index contributed by atoms with van der Waals surface area (Å²) in [5, 5.41) is 6.51. The van der Waals surface area contributed by atoms with Gasteiger partial charge < -0.3 is 24.4 Å². The summed E-state index contributed by atoms with van der Waals surface area (Å²) in [6.45, 7) is 2.34. The number of amides is 3. The van der Waals surface area contributed by atoms with Crippen molar-refractivity contribution in [2.45, 2.75) is 82.4 Å². The van der Waals surface area contributed by atoms with Crippen LogP contribution in [0.4, 0.5) is 17.5 Å². The summed E-state index contributed by atoms with van der Waals surface area (Å²) in [5.74, 6) is 0.307. The van der Waals surface area contributed by atoms with E-state index >= 15 is 0 Å². The van der Waals surface area contributed by atoms with Crippen LogP contribution in [0.3, 0.4) is 0 Å². The molecule has 15 nitrogen and oxygen atoms in total.